The number of fused-ring (bicyclic) bond motifs is 1. The van der Waals surface area contributed by atoms with E-state index in [0.29, 0.717) is 12.0 Å². The Balaban J connectivity index is 1.82. The molecule has 2 aliphatic carbocycles. The summed E-state index contributed by atoms with van der Waals surface area (Å²) in [4.78, 5) is 0. The molecule has 1 fully saturated rings. The van der Waals surface area contributed by atoms with E-state index in [2.05, 4.69) is 42.5 Å². The molecule has 1 heteroatoms. The fourth-order valence-electron chi connectivity index (χ4n) is 4.06. The van der Waals surface area contributed by atoms with Crippen LogP contribution in [-0.4, -0.2) is 11.7 Å². The molecule has 0 heterocycles. The van der Waals surface area contributed by atoms with Crippen molar-refractivity contribution in [3.8, 4) is 0 Å². The molecule has 1 nitrogen and oxygen atoms in total. The SMILES string of the molecule is OCCCCC1(c2ccccc2)C2CC=CCC21. The van der Waals surface area contributed by atoms with Gasteiger partial charge in [0.2, 0.25) is 0 Å². The summed E-state index contributed by atoms with van der Waals surface area (Å²) in [7, 11) is 0. The Labute approximate surface area is 110 Å². The number of rotatable bonds is 5. The summed E-state index contributed by atoms with van der Waals surface area (Å²) in [6, 6.07) is 11.0. The number of aliphatic hydroxyl groups excluding tert-OH is 1. The second kappa shape index (κ2) is 4.89. The van der Waals surface area contributed by atoms with Crippen molar-refractivity contribution in [3.63, 3.8) is 0 Å². The van der Waals surface area contributed by atoms with E-state index in [1.165, 1.54) is 24.8 Å². The molecule has 0 saturated heterocycles. The number of aliphatic hydroxyl groups is 1. The highest BCUT2D eigenvalue weighted by molar-refractivity contribution is 5.38. The van der Waals surface area contributed by atoms with Crippen LogP contribution in [0.4, 0.5) is 0 Å². The minimum absolute atomic E-state index is 0.332. The van der Waals surface area contributed by atoms with Crippen molar-refractivity contribution >= 4 is 0 Å². The van der Waals surface area contributed by atoms with Crippen molar-refractivity contribution in [1.82, 2.24) is 0 Å². The summed E-state index contributed by atoms with van der Waals surface area (Å²) in [6.45, 7) is 0.332. The lowest BCUT2D eigenvalue weighted by atomic mass is 9.86. The van der Waals surface area contributed by atoms with Crippen LogP contribution in [0.15, 0.2) is 42.5 Å². The van der Waals surface area contributed by atoms with Crippen LogP contribution in [-0.2, 0) is 5.41 Å². The Bertz CT molecular complexity index is 406. The Morgan fingerprint density at radius 2 is 1.67 bits per heavy atom. The van der Waals surface area contributed by atoms with Crippen LogP contribution in [0.25, 0.3) is 0 Å². The quantitative estimate of drug-likeness (QED) is 0.617. The predicted octanol–water partition coefficient (Wildman–Crippen LogP) is 3.68. The molecule has 1 N–H and O–H groups in total. The van der Waals surface area contributed by atoms with Crippen molar-refractivity contribution in [2.24, 2.45) is 11.8 Å². The zero-order valence-electron chi connectivity index (χ0n) is 10.9. The first-order valence-electron chi connectivity index (χ1n) is 7.21. The average molecular weight is 242 g/mol. The van der Waals surface area contributed by atoms with Gasteiger partial charge < -0.3 is 5.11 Å². The van der Waals surface area contributed by atoms with Crippen LogP contribution < -0.4 is 0 Å². The predicted molar refractivity (Wildman–Crippen MR) is 74.4 cm³/mol. The molecule has 2 unspecified atom stereocenters. The fraction of sp³-hybridized carbons (Fsp3) is 0.529. The van der Waals surface area contributed by atoms with E-state index in [9.17, 15) is 0 Å². The first-order valence-corrected chi connectivity index (χ1v) is 7.21. The molecule has 2 aliphatic rings. The monoisotopic (exact) mass is 242 g/mol. The van der Waals surface area contributed by atoms with E-state index in [-0.39, 0.29) is 0 Å². The third-order valence-corrected chi connectivity index (χ3v) is 4.96. The van der Waals surface area contributed by atoms with E-state index >= 15 is 0 Å². The normalized spacial score (nSPS) is 33.2. The maximum Gasteiger partial charge on any atom is 0.0431 e. The first-order chi connectivity index (χ1) is 8.89. The second-order valence-corrected chi connectivity index (χ2v) is 5.74. The van der Waals surface area contributed by atoms with Gasteiger partial charge in [-0.2, -0.15) is 0 Å². The maximum atomic E-state index is 9.00. The molecular weight excluding hydrogens is 220 g/mol. The average Bonchev–Trinajstić information content (AvgIpc) is 3.10. The van der Waals surface area contributed by atoms with Gasteiger partial charge in [0.1, 0.15) is 0 Å². The van der Waals surface area contributed by atoms with Crippen molar-refractivity contribution < 1.29 is 5.11 Å². The van der Waals surface area contributed by atoms with E-state index in [4.69, 9.17) is 5.11 Å². The van der Waals surface area contributed by atoms with E-state index < -0.39 is 0 Å². The van der Waals surface area contributed by atoms with Crippen LogP contribution in [0, 0.1) is 11.8 Å². The van der Waals surface area contributed by atoms with Crippen LogP contribution in [0.3, 0.4) is 0 Å². The van der Waals surface area contributed by atoms with Gasteiger partial charge in [0, 0.05) is 12.0 Å². The summed E-state index contributed by atoms with van der Waals surface area (Å²) in [5, 5.41) is 9.00. The van der Waals surface area contributed by atoms with Crippen LogP contribution >= 0.6 is 0 Å². The van der Waals surface area contributed by atoms with Gasteiger partial charge in [-0.1, -0.05) is 48.9 Å². The highest BCUT2D eigenvalue weighted by atomic mass is 16.2. The van der Waals surface area contributed by atoms with Gasteiger partial charge in [-0.15, -0.1) is 0 Å². The Kier molecular flexibility index (Phi) is 3.25. The Hall–Kier alpha value is -1.08. The van der Waals surface area contributed by atoms with Crippen LogP contribution in [0.5, 0.6) is 0 Å². The molecule has 0 spiro atoms. The standard InChI is InChI=1S/C17H22O/c18-13-7-6-12-17(14-8-2-1-3-9-14)15-10-4-5-11-16(15)17/h1-5,8-9,15-16,18H,6-7,10-13H2. The van der Waals surface area contributed by atoms with Gasteiger partial charge in [-0.3, -0.25) is 0 Å². The Morgan fingerprint density at radius 1 is 1.00 bits per heavy atom. The van der Waals surface area contributed by atoms with Crippen LogP contribution in [0.2, 0.25) is 0 Å². The van der Waals surface area contributed by atoms with Gasteiger partial charge >= 0.3 is 0 Å². The molecule has 1 aromatic carbocycles. The highest BCUT2D eigenvalue weighted by Crippen LogP contribution is 2.67. The molecule has 0 aromatic heterocycles. The highest BCUT2D eigenvalue weighted by Gasteiger charge is 2.63. The lowest BCUT2D eigenvalue weighted by molar-refractivity contribution is 0.279. The molecule has 0 radical (unpaired) electrons. The number of hydrogen-bond donors (Lipinski definition) is 1. The molecule has 96 valence electrons. The smallest absolute Gasteiger partial charge is 0.0431 e. The van der Waals surface area contributed by atoms with Gasteiger partial charge in [0.15, 0.2) is 0 Å². The lowest BCUT2D eigenvalue weighted by Crippen LogP contribution is -2.12. The largest absolute Gasteiger partial charge is 0.396 e. The molecular formula is C17H22O. The fourth-order valence-corrected chi connectivity index (χ4v) is 4.06. The van der Waals surface area contributed by atoms with Gasteiger partial charge in [0.05, 0.1) is 0 Å². The molecule has 1 aromatic rings. The maximum absolute atomic E-state index is 9.00. The zero-order chi connectivity index (χ0) is 12.4. The number of unbranched alkanes of at least 4 members (excludes halogenated alkanes) is 1. The van der Waals surface area contributed by atoms with Crippen molar-refractivity contribution in [1.29, 1.82) is 0 Å². The number of hydrogen-bond acceptors (Lipinski definition) is 1. The summed E-state index contributed by atoms with van der Waals surface area (Å²) in [5.74, 6) is 1.70. The van der Waals surface area contributed by atoms with Gasteiger partial charge in [0.25, 0.3) is 0 Å². The zero-order valence-corrected chi connectivity index (χ0v) is 10.9. The minimum atomic E-state index is 0.332. The van der Waals surface area contributed by atoms with Gasteiger partial charge in [-0.25, -0.2) is 0 Å². The summed E-state index contributed by atoms with van der Waals surface area (Å²) in [6.07, 6.45) is 10.6. The molecule has 18 heavy (non-hydrogen) atoms. The summed E-state index contributed by atoms with van der Waals surface area (Å²) >= 11 is 0. The topological polar surface area (TPSA) is 20.2 Å². The lowest BCUT2D eigenvalue weighted by Gasteiger charge is -2.18. The van der Waals surface area contributed by atoms with E-state index in [1.807, 2.05) is 0 Å². The number of benzene rings is 1. The molecule has 0 amide bonds. The van der Waals surface area contributed by atoms with Crippen molar-refractivity contribution in [2.45, 2.75) is 37.5 Å². The minimum Gasteiger partial charge on any atom is -0.396 e. The molecule has 3 rings (SSSR count). The molecule has 2 atom stereocenters. The van der Waals surface area contributed by atoms with E-state index in [1.54, 1.807) is 0 Å². The van der Waals surface area contributed by atoms with E-state index in [0.717, 1.165) is 24.7 Å². The summed E-state index contributed by atoms with van der Waals surface area (Å²) < 4.78 is 0. The first kappa shape index (κ1) is 12.0. The molecule has 1 saturated carbocycles. The molecule has 0 bridgehead atoms. The van der Waals surface area contributed by atoms with Crippen LogP contribution in [0.1, 0.15) is 37.7 Å². The van der Waals surface area contributed by atoms with Gasteiger partial charge in [-0.05, 0) is 43.1 Å². The van der Waals surface area contributed by atoms with Crippen molar-refractivity contribution in [2.75, 3.05) is 6.61 Å². The third kappa shape index (κ3) is 1.81. The van der Waals surface area contributed by atoms with Crippen molar-refractivity contribution in [3.05, 3.63) is 48.0 Å². The third-order valence-electron chi connectivity index (χ3n) is 4.96. The molecule has 0 aliphatic heterocycles. The Morgan fingerprint density at radius 3 is 2.28 bits per heavy atom. The second-order valence-electron chi connectivity index (χ2n) is 5.74. The number of allylic oxidation sites excluding steroid dienone is 2. The summed E-state index contributed by atoms with van der Waals surface area (Å²) in [5.41, 5.74) is 1.95.